The summed E-state index contributed by atoms with van der Waals surface area (Å²) in [4.78, 5) is 11.2. The zero-order valence-corrected chi connectivity index (χ0v) is 8.95. The Bertz CT molecular complexity index is 197. The van der Waals surface area contributed by atoms with Gasteiger partial charge >= 0.3 is 0 Å². The number of carbonyl (C=O) groups excluding carboxylic acids is 1. The smallest absolute Gasteiger partial charge is 0.248 e. The highest BCUT2D eigenvalue weighted by molar-refractivity contribution is 5.79. The number of hydrogen-bond acceptors (Lipinski definition) is 3. The van der Waals surface area contributed by atoms with E-state index in [-0.39, 0.29) is 24.2 Å². The van der Waals surface area contributed by atoms with Crippen molar-refractivity contribution in [3.8, 4) is 0 Å². The van der Waals surface area contributed by atoms with E-state index in [9.17, 15) is 4.79 Å². The average Bonchev–Trinajstić information content (AvgIpc) is 2.16. The molecule has 0 heterocycles. The summed E-state index contributed by atoms with van der Waals surface area (Å²) in [5, 5.41) is 2.57. The standard InChI is InChI=1S/C10H20N2O2/c1-7(10(13)12-2)14-9-5-3-4-8(11)6-9/h7-9H,3-6,11H2,1-2H3,(H,12,13). The van der Waals surface area contributed by atoms with Crippen LogP contribution in [0.1, 0.15) is 32.6 Å². The minimum atomic E-state index is -0.365. The third-order valence-corrected chi connectivity index (χ3v) is 2.68. The molecule has 3 unspecified atom stereocenters. The lowest BCUT2D eigenvalue weighted by atomic mass is 9.93. The molecule has 0 radical (unpaired) electrons. The molecule has 0 aromatic rings. The summed E-state index contributed by atoms with van der Waals surface area (Å²) in [7, 11) is 1.62. The maximum atomic E-state index is 11.2. The number of hydrogen-bond donors (Lipinski definition) is 2. The van der Waals surface area contributed by atoms with Crippen LogP contribution in [0.25, 0.3) is 0 Å². The molecule has 1 amide bonds. The van der Waals surface area contributed by atoms with Crippen molar-refractivity contribution in [1.29, 1.82) is 0 Å². The first-order chi connectivity index (χ1) is 6.63. The van der Waals surface area contributed by atoms with Crippen LogP contribution in [-0.2, 0) is 9.53 Å². The van der Waals surface area contributed by atoms with Crippen molar-refractivity contribution in [3.63, 3.8) is 0 Å². The number of rotatable bonds is 3. The van der Waals surface area contributed by atoms with Gasteiger partial charge in [-0.15, -0.1) is 0 Å². The van der Waals surface area contributed by atoms with E-state index in [1.54, 1.807) is 14.0 Å². The van der Waals surface area contributed by atoms with Crippen molar-refractivity contribution < 1.29 is 9.53 Å². The van der Waals surface area contributed by atoms with E-state index in [0.717, 1.165) is 25.7 Å². The molecule has 1 saturated carbocycles. The largest absolute Gasteiger partial charge is 0.365 e. The van der Waals surface area contributed by atoms with E-state index in [0.29, 0.717) is 0 Å². The maximum absolute atomic E-state index is 11.2. The highest BCUT2D eigenvalue weighted by atomic mass is 16.5. The highest BCUT2D eigenvalue weighted by Crippen LogP contribution is 2.20. The number of nitrogens with one attached hydrogen (secondary N) is 1. The van der Waals surface area contributed by atoms with Gasteiger partial charge in [0.25, 0.3) is 0 Å². The molecule has 1 rings (SSSR count). The van der Waals surface area contributed by atoms with E-state index < -0.39 is 0 Å². The second-order valence-electron chi connectivity index (χ2n) is 3.94. The van der Waals surface area contributed by atoms with Gasteiger partial charge in [-0.25, -0.2) is 0 Å². The molecule has 3 atom stereocenters. The van der Waals surface area contributed by atoms with Crippen molar-refractivity contribution in [2.24, 2.45) is 5.73 Å². The van der Waals surface area contributed by atoms with E-state index in [2.05, 4.69) is 5.32 Å². The Morgan fingerprint density at radius 1 is 1.57 bits per heavy atom. The number of nitrogens with two attached hydrogens (primary N) is 1. The molecule has 0 aliphatic heterocycles. The van der Waals surface area contributed by atoms with Crippen LogP contribution in [0.3, 0.4) is 0 Å². The molecule has 82 valence electrons. The molecule has 4 nitrogen and oxygen atoms in total. The summed E-state index contributed by atoms with van der Waals surface area (Å²) >= 11 is 0. The summed E-state index contributed by atoms with van der Waals surface area (Å²) in [5.41, 5.74) is 5.83. The molecule has 0 bridgehead atoms. The predicted octanol–water partition coefficient (Wildman–Crippen LogP) is 0.407. The van der Waals surface area contributed by atoms with Crippen LogP contribution in [0.15, 0.2) is 0 Å². The summed E-state index contributed by atoms with van der Waals surface area (Å²) in [6.45, 7) is 1.78. The third kappa shape index (κ3) is 3.27. The minimum Gasteiger partial charge on any atom is -0.365 e. The van der Waals surface area contributed by atoms with E-state index in [1.165, 1.54) is 0 Å². The van der Waals surface area contributed by atoms with Gasteiger partial charge in [-0.1, -0.05) is 0 Å². The van der Waals surface area contributed by atoms with Crippen LogP contribution in [0, 0.1) is 0 Å². The Balaban J connectivity index is 2.32. The lowest BCUT2D eigenvalue weighted by molar-refractivity contribution is -0.136. The van der Waals surface area contributed by atoms with Crippen LogP contribution in [-0.4, -0.2) is 31.2 Å². The van der Waals surface area contributed by atoms with Crippen LogP contribution in [0.5, 0.6) is 0 Å². The Kier molecular flexibility index (Phi) is 4.35. The zero-order valence-electron chi connectivity index (χ0n) is 8.95. The van der Waals surface area contributed by atoms with Crippen molar-refractivity contribution >= 4 is 5.91 Å². The van der Waals surface area contributed by atoms with Crippen LogP contribution < -0.4 is 11.1 Å². The topological polar surface area (TPSA) is 64.3 Å². The van der Waals surface area contributed by atoms with Crippen molar-refractivity contribution in [3.05, 3.63) is 0 Å². The van der Waals surface area contributed by atoms with Crippen LogP contribution >= 0.6 is 0 Å². The Hall–Kier alpha value is -0.610. The van der Waals surface area contributed by atoms with Gasteiger partial charge in [0.05, 0.1) is 6.10 Å². The number of likely N-dealkylation sites (N-methyl/N-ethyl adjacent to an activating group) is 1. The normalized spacial score (nSPS) is 29.6. The summed E-state index contributed by atoms with van der Waals surface area (Å²) in [6.07, 6.45) is 3.87. The quantitative estimate of drug-likeness (QED) is 0.693. The molecule has 1 aliphatic rings. The average molecular weight is 200 g/mol. The molecule has 0 saturated heterocycles. The predicted molar refractivity (Wildman–Crippen MR) is 54.8 cm³/mol. The first kappa shape index (κ1) is 11.5. The summed E-state index contributed by atoms with van der Waals surface area (Å²) in [6, 6.07) is 0.241. The maximum Gasteiger partial charge on any atom is 0.248 e. The van der Waals surface area contributed by atoms with Crippen LogP contribution in [0.4, 0.5) is 0 Å². The second-order valence-corrected chi connectivity index (χ2v) is 3.94. The molecule has 0 aromatic heterocycles. The molecular formula is C10H20N2O2. The molecule has 0 aromatic carbocycles. The number of carbonyl (C=O) groups is 1. The fraction of sp³-hybridized carbons (Fsp3) is 0.900. The fourth-order valence-corrected chi connectivity index (χ4v) is 1.86. The van der Waals surface area contributed by atoms with Crippen molar-refractivity contribution in [1.82, 2.24) is 5.32 Å². The molecule has 1 fully saturated rings. The van der Waals surface area contributed by atoms with Gasteiger partial charge in [-0.2, -0.15) is 0 Å². The second kappa shape index (κ2) is 5.32. The molecular weight excluding hydrogens is 180 g/mol. The minimum absolute atomic E-state index is 0.0656. The molecule has 0 spiro atoms. The van der Waals surface area contributed by atoms with Gasteiger partial charge in [0.2, 0.25) is 5.91 Å². The summed E-state index contributed by atoms with van der Waals surface area (Å²) in [5.74, 6) is -0.0656. The zero-order chi connectivity index (χ0) is 10.6. The molecule has 1 aliphatic carbocycles. The Labute approximate surface area is 85.2 Å². The number of ether oxygens (including phenoxy) is 1. The first-order valence-electron chi connectivity index (χ1n) is 5.26. The lowest BCUT2D eigenvalue weighted by Crippen LogP contribution is -2.38. The van der Waals surface area contributed by atoms with Gasteiger partial charge < -0.3 is 15.8 Å². The van der Waals surface area contributed by atoms with Crippen molar-refractivity contribution in [2.75, 3.05) is 7.05 Å². The first-order valence-corrected chi connectivity index (χ1v) is 5.26. The molecule has 14 heavy (non-hydrogen) atoms. The van der Waals surface area contributed by atoms with E-state index in [4.69, 9.17) is 10.5 Å². The van der Waals surface area contributed by atoms with Gasteiger partial charge in [-0.05, 0) is 32.6 Å². The summed E-state index contributed by atoms with van der Waals surface area (Å²) < 4.78 is 5.62. The van der Waals surface area contributed by atoms with Crippen LogP contribution in [0.2, 0.25) is 0 Å². The SMILES string of the molecule is CNC(=O)C(C)OC1CCCC(N)C1. The molecule has 4 heteroatoms. The lowest BCUT2D eigenvalue weighted by Gasteiger charge is -2.28. The van der Waals surface area contributed by atoms with E-state index in [1.807, 2.05) is 0 Å². The Morgan fingerprint density at radius 3 is 2.86 bits per heavy atom. The van der Waals surface area contributed by atoms with Gasteiger partial charge in [0, 0.05) is 13.1 Å². The van der Waals surface area contributed by atoms with Crippen molar-refractivity contribution in [2.45, 2.75) is 50.9 Å². The number of amides is 1. The van der Waals surface area contributed by atoms with E-state index >= 15 is 0 Å². The monoisotopic (exact) mass is 200 g/mol. The Morgan fingerprint density at radius 2 is 2.29 bits per heavy atom. The van der Waals surface area contributed by atoms with Gasteiger partial charge in [-0.3, -0.25) is 4.79 Å². The van der Waals surface area contributed by atoms with Gasteiger partial charge in [0.15, 0.2) is 0 Å². The van der Waals surface area contributed by atoms with Gasteiger partial charge in [0.1, 0.15) is 6.10 Å². The molecule has 3 N–H and O–H groups in total. The highest BCUT2D eigenvalue weighted by Gasteiger charge is 2.23. The third-order valence-electron chi connectivity index (χ3n) is 2.68. The fourth-order valence-electron chi connectivity index (χ4n) is 1.86.